The van der Waals surface area contributed by atoms with Crippen molar-refractivity contribution in [1.29, 1.82) is 5.26 Å². The molecular formula is C12H15NO2S2. The van der Waals surface area contributed by atoms with Crippen LogP contribution in [-0.4, -0.2) is 20.4 Å². The lowest BCUT2D eigenvalue weighted by Gasteiger charge is -2.11. The molecule has 1 rings (SSSR count). The smallest absolute Gasteiger partial charge is 0.175 e. The minimum Gasteiger partial charge on any atom is -0.224 e. The summed E-state index contributed by atoms with van der Waals surface area (Å²) in [5.41, 5.74) is 1.01. The highest BCUT2D eigenvalue weighted by Gasteiger charge is 2.11. The molecule has 0 heterocycles. The molecule has 3 nitrogen and oxygen atoms in total. The van der Waals surface area contributed by atoms with Crippen LogP contribution in [-0.2, 0) is 9.84 Å². The number of rotatable bonds is 5. The van der Waals surface area contributed by atoms with Gasteiger partial charge in [-0.05, 0) is 41.8 Å². The van der Waals surface area contributed by atoms with Crippen molar-refractivity contribution in [3.8, 4) is 5.40 Å². The topological polar surface area (TPSA) is 57.9 Å². The zero-order valence-corrected chi connectivity index (χ0v) is 11.5. The van der Waals surface area contributed by atoms with Crippen molar-refractivity contribution in [2.75, 3.05) is 12.0 Å². The molecule has 0 N–H and O–H groups in total. The summed E-state index contributed by atoms with van der Waals surface area (Å²) in [6.07, 6.45) is 2.08. The lowest BCUT2D eigenvalue weighted by atomic mass is 9.99. The molecule has 1 aromatic rings. The van der Waals surface area contributed by atoms with Gasteiger partial charge in [0.15, 0.2) is 9.84 Å². The van der Waals surface area contributed by atoms with Gasteiger partial charge in [0.1, 0.15) is 5.40 Å². The van der Waals surface area contributed by atoms with Crippen molar-refractivity contribution in [3.63, 3.8) is 0 Å². The number of hydrogen-bond acceptors (Lipinski definition) is 4. The van der Waals surface area contributed by atoms with E-state index in [2.05, 4.69) is 0 Å². The Hall–Kier alpha value is -0.990. The Balaban J connectivity index is 2.82. The van der Waals surface area contributed by atoms with Crippen LogP contribution in [0.2, 0.25) is 0 Å². The predicted molar refractivity (Wildman–Crippen MR) is 70.7 cm³/mol. The minimum atomic E-state index is -3.14. The van der Waals surface area contributed by atoms with Gasteiger partial charge in [0, 0.05) is 12.0 Å². The molecule has 0 aliphatic rings. The second kappa shape index (κ2) is 6.08. The van der Waals surface area contributed by atoms with Crippen LogP contribution in [0.1, 0.15) is 24.8 Å². The molecule has 1 aromatic carbocycles. The fraction of sp³-hybridized carbons (Fsp3) is 0.417. The average molecular weight is 269 g/mol. The van der Waals surface area contributed by atoms with E-state index in [1.165, 1.54) is 18.0 Å². The first-order valence-electron chi connectivity index (χ1n) is 5.26. The Bertz CT molecular complexity index is 518. The van der Waals surface area contributed by atoms with Crippen LogP contribution in [0.4, 0.5) is 0 Å². The van der Waals surface area contributed by atoms with E-state index in [9.17, 15) is 8.42 Å². The van der Waals surface area contributed by atoms with Crippen molar-refractivity contribution < 1.29 is 8.42 Å². The number of nitrogens with zero attached hydrogens (tertiary/aromatic N) is 1. The second-order valence-electron chi connectivity index (χ2n) is 3.97. The number of sulfone groups is 1. The number of benzene rings is 1. The first-order valence-corrected chi connectivity index (χ1v) is 8.13. The molecule has 0 aliphatic heterocycles. The number of thioether (sulfide) groups is 1. The van der Waals surface area contributed by atoms with Gasteiger partial charge in [0.2, 0.25) is 0 Å². The van der Waals surface area contributed by atoms with Crippen molar-refractivity contribution in [1.82, 2.24) is 0 Å². The van der Waals surface area contributed by atoms with Crippen LogP contribution in [0, 0.1) is 10.7 Å². The van der Waals surface area contributed by atoms with Gasteiger partial charge in [-0.1, -0.05) is 19.1 Å². The second-order valence-corrected chi connectivity index (χ2v) is 6.87. The standard InChI is InChI=1S/C12H15NO2S2/c1-10(6-7-16-9-13)11-4-3-5-12(8-11)17(2,14)15/h3-5,8,10H,6-7H2,1-2H3. The van der Waals surface area contributed by atoms with Gasteiger partial charge in [-0.25, -0.2) is 8.42 Å². The Kier molecular flexibility index (Phi) is 5.03. The van der Waals surface area contributed by atoms with E-state index in [0.717, 1.165) is 17.7 Å². The van der Waals surface area contributed by atoms with E-state index in [4.69, 9.17) is 5.26 Å². The molecule has 1 unspecified atom stereocenters. The molecule has 92 valence electrons. The summed E-state index contributed by atoms with van der Waals surface area (Å²) in [4.78, 5) is 0.356. The van der Waals surface area contributed by atoms with E-state index >= 15 is 0 Å². The largest absolute Gasteiger partial charge is 0.224 e. The normalized spacial score (nSPS) is 13.0. The van der Waals surface area contributed by atoms with Gasteiger partial charge >= 0.3 is 0 Å². The summed E-state index contributed by atoms with van der Waals surface area (Å²) in [5.74, 6) is 1.03. The molecule has 0 spiro atoms. The molecule has 0 aliphatic carbocycles. The molecule has 0 radical (unpaired) electrons. The third-order valence-electron chi connectivity index (χ3n) is 2.57. The van der Waals surface area contributed by atoms with Gasteiger partial charge in [-0.15, -0.1) is 0 Å². The van der Waals surface area contributed by atoms with Gasteiger partial charge in [0.05, 0.1) is 4.90 Å². The highest BCUT2D eigenvalue weighted by atomic mass is 32.2. The first kappa shape index (κ1) is 14.1. The molecule has 0 fully saturated rings. The van der Waals surface area contributed by atoms with E-state index in [1.807, 2.05) is 18.4 Å². The molecule has 17 heavy (non-hydrogen) atoms. The lowest BCUT2D eigenvalue weighted by Crippen LogP contribution is -2.00. The van der Waals surface area contributed by atoms with Crippen LogP contribution in [0.3, 0.4) is 0 Å². The van der Waals surface area contributed by atoms with Crippen LogP contribution in [0.5, 0.6) is 0 Å². The summed E-state index contributed by atoms with van der Waals surface area (Å²) in [6, 6.07) is 7.02. The molecule has 0 saturated carbocycles. The van der Waals surface area contributed by atoms with E-state index in [1.54, 1.807) is 18.2 Å². The third kappa shape index (κ3) is 4.41. The van der Waals surface area contributed by atoms with Crippen molar-refractivity contribution >= 4 is 21.6 Å². The predicted octanol–water partition coefficient (Wildman–Crippen LogP) is 2.80. The average Bonchev–Trinajstić information content (AvgIpc) is 2.28. The highest BCUT2D eigenvalue weighted by Crippen LogP contribution is 2.23. The quantitative estimate of drug-likeness (QED) is 0.609. The summed E-state index contributed by atoms with van der Waals surface area (Å²) in [5, 5.41) is 10.5. The first-order chi connectivity index (χ1) is 7.95. The SMILES string of the molecule is CC(CCSC#N)c1cccc(S(C)(=O)=O)c1. The zero-order chi connectivity index (χ0) is 12.9. The van der Waals surface area contributed by atoms with E-state index < -0.39 is 9.84 Å². The van der Waals surface area contributed by atoms with Crippen LogP contribution < -0.4 is 0 Å². The molecule has 0 aromatic heterocycles. The van der Waals surface area contributed by atoms with Crippen molar-refractivity contribution in [2.24, 2.45) is 0 Å². The van der Waals surface area contributed by atoms with Crippen molar-refractivity contribution in [2.45, 2.75) is 24.2 Å². The zero-order valence-electron chi connectivity index (χ0n) is 9.88. The van der Waals surface area contributed by atoms with Crippen LogP contribution in [0.25, 0.3) is 0 Å². The number of nitriles is 1. The van der Waals surface area contributed by atoms with Crippen LogP contribution in [0.15, 0.2) is 29.2 Å². The van der Waals surface area contributed by atoms with Crippen LogP contribution >= 0.6 is 11.8 Å². The fourth-order valence-corrected chi connectivity index (χ4v) is 2.74. The van der Waals surface area contributed by atoms with Gasteiger partial charge in [0.25, 0.3) is 0 Å². The highest BCUT2D eigenvalue weighted by molar-refractivity contribution is 8.03. The number of thiocyanates is 1. The van der Waals surface area contributed by atoms with Gasteiger partial charge in [-0.2, -0.15) is 5.26 Å². The number of hydrogen-bond donors (Lipinski definition) is 0. The monoisotopic (exact) mass is 269 g/mol. The molecule has 1 atom stereocenters. The van der Waals surface area contributed by atoms with Gasteiger partial charge < -0.3 is 0 Å². The minimum absolute atomic E-state index is 0.262. The summed E-state index contributed by atoms with van der Waals surface area (Å²) < 4.78 is 22.8. The lowest BCUT2D eigenvalue weighted by molar-refractivity contribution is 0.601. The van der Waals surface area contributed by atoms with Gasteiger partial charge in [-0.3, -0.25) is 0 Å². The Morgan fingerprint density at radius 2 is 2.18 bits per heavy atom. The van der Waals surface area contributed by atoms with E-state index in [0.29, 0.717) is 4.90 Å². The fourth-order valence-electron chi connectivity index (χ4n) is 1.50. The van der Waals surface area contributed by atoms with Crippen molar-refractivity contribution in [3.05, 3.63) is 29.8 Å². The molecular weight excluding hydrogens is 254 g/mol. The Morgan fingerprint density at radius 1 is 1.47 bits per heavy atom. The Morgan fingerprint density at radius 3 is 2.76 bits per heavy atom. The maximum atomic E-state index is 11.4. The molecule has 0 amide bonds. The summed E-state index contributed by atoms with van der Waals surface area (Å²) in [6.45, 7) is 2.04. The molecule has 0 saturated heterocycles. The Labute approximate surface area is 107 Å². The maximum absolute atomic E-state index is 11.4. The third-order valence-corrected chi connectivity index (χ3v) is 4.25. The van der Waals surface area contributed by atoms with E-state index in [-0.39, 0.29) is 5.92 Å². The summed E-state index contributed by atoms with van der Waals surface area (Å²) >= 11 is 1.23. The maximum Gasteiger partial charge on any atom is 0.175 e. The molecule has 5 heteroatoms. The molecule has 0 bridgehead atoms. The summed E-state index contributed by atoms with van der Waals surface area (Å²) in [7, 11) is -3.14.